The molecular formula is C13H20ClN3O3. The molecule has 0 bridgehead atoms. The first-order valence-corrected chi connectivity index (χ1v) is 6.94. The van der Waals surface area contributed by atoms with Crippen LogP contribution in [0.3, 0.4) is 0 Å². The highest BCUT2D eigenvalue weighted by atomic mass is 35.5. The largest absolute Gasteiger partial charge is 0.452 e. The molecule has 0 saturated carbocycles. The van der Waals surface area contributed by atoms with Crippen LogP contribution in [0, 0.1) is 6.92 Å². The molecule has 1 N–H and O–H groups in total. The number of carbonyl (C=O) groups excluding carboxylic acids is 2. The Morgan fingerprint density at radius 2 is 2.00 bits per heavy atom. The number of hydrogen-bond acceptors (Lipinski definition) is 4. The molecule has 1 heterocycles. The molecule has 0 radical (unpaired) electrons. The van der Waals surface area contributed by atoms with Crippen molar-refractivity contribution in [1.82, 2.24) is 15.1 Å². The average Bonchev–Trinajstić information content (AvgIpc) is 2.67. The molecule has 112 valence electrons. The fourth-order valence-corrected chi connectivity index (χ4v) is 2.08. The Balaban J connectivity index is 2.57. The zero-order valence-electron chi connectivity index (χ0n) is 12.2. The lowest BCUT2D eigenvalue weighted by atomic mass is 10.2. The van der Waals surface area contributed by atoms with Crippen LogP contribution in [0.5, 0.6) is 0 Å². The Morgan fingerprint density at radius 1 is 1.40 bits per heavy atom. The number of carbonyl (C=O) groups is 2. The predicted molar refractivity (Wildman–Crippen MR) is 75.8 cm³/mol. The number of aromatic nitrogens is 2. The maximum atomic E-state index is 11.9. The minimum Gasteiger partial charge on any atom is -0.452 e. The molecular weight excluding hydrogens is 282 g/mol. The number of rotatable bonds is 6. The summed E-state index contributed by atoms with van der Waals surface area (Å²) in [5.74, 6) is -0.954. The maximum absolute atomic E-state index is 11.9. The fourth-order valence-electron chi connectivity index (χ4n) is 1.83. The first-order chi connectivity index (χ1) is 9.40. The number of amides is 1. The highest BCUT2D eigenvalue weighted by molar-refractivity contribution is 6.32. The van der Waals surface area contributed by atoms with Crippen LogP contribution in [0.1, 0.15) is 42.7 Å². The lowest BCUT2D eigenvalue weighted by Gasteiger charge is -2.14. The Morgan fingerprint density at radius 3 is 2.45 bits per heavy atom. The van der Waals surface area contributed by atoms with E-state index in [1.807, 2.05) is 13.8 Å². The number of halogens is 1. The van der Waals surface area contributed by atoms with E-state index in [0.717, 1.165) is 12.8 Å². The molecule has 1 aromatic rings. The lowest BCUT2D eigenvalue weighted by Crippen LogP contribution is -2.36. The van der Waals surface area contributed by atoms with Crippen molar-refractivity contribution in [3.05, 3.63) is 16.4 Å². The molecule has 20 heavy (non-hydrogen) atoms. The molecule has 0 unspecified atom stereocenters. The third-order valence-electron chi connectivity index (χ3n) is 3.04. The van der Waals surface area contributed by atoms with Crippen molar-refractivity contribution < 1.29 is 14.3 Å². The van der Waals surface area contributed by atoms with E-state index in [1.165, 1.54) is 4.68 Å². The van der Waals surface area contributed by atoms with Crippen molar-refractivity contribution >= 4 is 23.5 Å². The Bertz CT molecular complexity index is 495. The molecule has 0 fully saturated rings. The zero-order valence-corrected chi connectivity index (χ0v) is 13.0. The Hall–Kier alpha value is -1.56. The smallest absolute Gasteiger partial charge is 0.343 e. The summed E-state index contributed by atoms with van der Waals surface area (Å²) in [4.78, 5) is 23.5. The second-order valence-electron chi connectivity index (χ2n) is 4.53. The van der Waals surface area contributed by atoms with E-state index >= 15 is 0 Å². The van der Waals surface area contributed by atoms with Crippen LogP contribution in [0.25, 0.3) is 0 Å². The summed E-state index contributed by atoms with van der Waals surface area (Å²) in [6.45, 7) is 5.31. The van der Waals surface area contributed by atoms with Gasteiger partial charge in [0.25, 0.3) is 5.91 Å². The van der Waals surface area contributed by atoms with E-state index in [9.17, 15) is 9.59 Å². The molecule has 1 aromatic heterocycles. The first kappa shape index (κ1) is 16.5. The molecule has 0 aromatic carbocycles. The maximum Gasteiger partial charge on any atom is 0.343 e. The van der Waals surface area contributed by atoms with E-state index in [-0.39, 0.29) is 29.3 Å². The highest BCUT2D eigenvalue weighted by Crippen LogP contribution is 2.19. The number of hydrogen-bond donors (Lipinski definition) is 1. The van der Waals surface area contributed by atoms with Gasteiger partial charge in [-0.05, 0) is 19.8 Å². The molecule has 0 atom stereocenters. The molecule has 0 aliphatic carbocycles. The molecule has 0 saturated heterocycles. The monoisotopic (exact) mass is 301 g/mol. The second kappa shape index (κ2) is 7.28. The number of ether oxygens (including phenoxy) is 1. The standard InChI is InChI=1S/C13H20ClN3O3/c1-5-9(6-2)15-10(18)7-20-13(19)11-8(3)16-17(4)12(11)14/h9H,5-7H2,1-4H3,(H,15,18). The Kier molecular flexibility index (Phi) is 6.01. The van der Waals surface area contributed by atoms with Gasteiger partial charge in [0.1, 0.15) is 10.7 Å². The fraction of sp³-hybridized carbons (Fsp3) is 0.615. The minimum atomic E-state index is -0.639. The molecule has 1 amide bonds. The van der Waals surface area contributed by atoms with Crippen molar-refractivity contribution in [2.24, 2.45) is 7.05 Å². The summed E-state index contributed by atoms with van der Waals surface area (Å²) >= 11 is 5.95. The molecule has 6 nitrogen and oxygen atoms in total. The van der Waals surface area contributed by atoms with Gasteiger partial charge in [0, 0.05) is 13.1 Å². The van der Waals surface area contributed by atoms with Crippen molar-refractivity contribution in [2.45, 2.75) is 39.7 Å². The van der Waals surface area contributed by atoms with E-state index in [1.54, 1.807) is 14.0 Å². The second-order valence-corrected chi connectivity index (χ2v) is 4.89. The molecule has 0 spiro atoms. The lowest BCUT2D eigenvalue weighted by molar-refractivity contribution is -0.125. The van der Waals surface area contributed by atoms with E-state index < -0.39 is 5.97 Å². The van der Waals surface area contributed by atoms with Crippen LogP contribution < -0.4 is 5.32 Å². The van der Waals surface area contributed by atoms with Gasteiger partial charge in [0.2, 0.25) is 0 Å². The van der Waals surface area contributed by atoms with E-state index in [0.29, 0.717) is 5.69 Å². The van der Waals surface area contributed by atoms with Crippen LogP contribution in [-0.2, 0) is 16.6 Å². The molecule has 0 aliphatic rings. The SMILES string of the molecule is CCC(CC)NC(=O)COC(=O)c1c(C)nn(C)c1Cl. The van der Waals surface area contributed by atoms with Gasteiger partial charge in [0.05, 0.1) is 5.69 Å². The van der Waals surface area contributed by atoms with Gasteiger partial charge >= 0.3 is 5.97 Å². The quantitative estimate of drug-likeness (QED) is 0.814. The number of esters is 1. The summed E-state index contributed by atoms with van der Waals surface area (Å²) < 4.78 is 6.35. The van der Waals surface area contributed by atoms with Crippen molar-refractivity contribution in [2.75, 3.05) is 6.61 Å². The summed E-state index contributed by atoms with van der Waals surface area (Å²) in [5.41, 5.74) is 0.674. The van der Waals surface area contributed by atoms with Crippen LogP contribution in [-0.4, -0.2) is 34.3 Å². The number of aryl methyl sites for hydroxylation is 2. The normalized spacial score (nSPS) is 10.7. The third-order valence-corrected chi connectivity index (χ3v) is 3.48. The first-order valence-electron chi connectivity index (χ1n) is 6.56. The van der Waals surface area contributed by atoms with Gasteiger partial charge in [-0.1, -0.05) is 25.4 Å². The number of nitrogens with zero attached hydrogens (tertiary/aromatic N) is 2. The topological polar surface area (TPSA) is 73.2 Å². The van der Waals surface area contributed by atoms with Gasteiger partial charge in [0.15, 0.2) is 6.61 Å². The van der Waals surface area contributed by atoms with E-state index in [4.69, 9.17) is 16.3 Å². The third kappa shape index (κ3) is 3.96. The van der Waals surface area contributed by atoms with Crippen LogP contribution >= 0.6 is 11.6 Å². The molecule has 1 rings (SSSR count). The van der Waals surface area contributed by atoms with Gasteiger partial charge in [-0.25, -0.2) is 4.79 Å². The summed E-state index contributed by atoms with van der Waals surface area (Å²) in [6.07, 6.45) is 1.67. The predicted octanol–water partition coefficient (Wildman–Crippen LogP) is 1.84. The zero-order chi connectivity index (χ0) is 15.3. The minimum absolute atomic E-state index is 0.102. The molecule has 7 heteroatoms. The van der Waals surface area contributed by atoms with Gasteiger partial charge < -0.3 is 10.1 Å². The van der Waals surface area contributed by atoms with Crippen LogP contribution in [0.2, 0.25) is 5.15 Å². The summed E-state index contributed by atoms with van der Waals surface area (Å²) in [7, 11) is 1.63. The number of nitrogens with one attached hydrogen (secondary N) is 1. The van der Waals surface area contributed by atoms with Gasteiger partial charge in [-0.2, -0.15) is 5.10 Å². The average molecular weight is 302 g/mol. The van der Waals surface area contributed by atoms with Crippen molar-refractivity contribution in [3.8, 4) is 0 Å². The summed E-state index contributed by atoms with van der Waals surface area (Å²) in [6, 6.07) is 0.102. The van der Waals surface area contributed by atoms with Gasteiger partial charge in [-0.3, -0.25) is 9.48 Å². The van der Waals surface area contributed by atoms with Crippen LogP contribution in [0.15, 0.2) is 0 Å². The van der Waals surface area contributed by atoms with Crippen molar-refractivity contribution in [3.63, 3.8) is 0 Å². The van der Waals surface area contributed by atoms with E-state index in [2.05, 4.69) is 10.4 Å². The van der Waals surface area contributed by atoms with Crippen molar-refractivity contribution in [1.29, 1.82) is 0 Å². The van der Waals surface area contributed by atoms with Gasteiger partial charge in [-0.15, -0.1) is 0 Å². The summed E-state index contributed by atoms with van der Waals surface area (Å²) in [5, 5.41) is 7.01. The Labute approximate surface area is 123 Å². The van der Waals surface area contributed by atoms with Crippen LogP contribution in [0.4, 0.5) is 0 Å². The molecule has 0 aliphatic heterocycles. The highest BCUT2D eigenvalue weighted by Gasteiger charge is 2.21.